The molecular weight excluding hydrogens is 1840 g/mol. The minimum absolute atomic E-state index is 1.12. The van der Waals surface area contributed by atoms with Gasteiger partial charge >= 0.3 is 0 Å². The topological polar surface area (TPSA) is 24.5 Å². The predicted molar refractivity (Wildman–Crippen MR) is 632 cm³/mol. The molecule has 0 saturated carbocycles. The number of aromatic nitrogens is 3. The van der Waals surface area contributed by atoms with E-state index in [9.17, 15) is 0 Å². The maximum atomic E-state index is 2.46. The van der Waals surface area contributed by atoms with Crippen LogP contribution in [0.25, 0.3) is 199 Å². The van der Waals surface area contributed by atoms with E-state index in [-0.39, 0.29) is 0 Å². The highest BCUT2D eigenvalue weighted by Gasteiger charge is 2.29. The number of hydrogen-bond donors (Lipinski definition) is 0. The van der Waals surface area contributed by atoms with Crippen LogP contribution < -0.4 is 14.7 Å². The van der Waals surface area contributed by atoms with Gasteiger partial charge in [0.25, 0.3) is 0 Å². The van der Waals surface area contributed by atoms with E-state index in [1.807, 2.05) is 34.0 Å². The molecule has 0 fully saturated rings. The van der Waals surface area contributed by atoms with Gasteiger partial charge < -0.3 is 28.4 Å². The zero-order chi connectivity index (χ0) is 97.2. The van der Waals surface area contributed by atoms with Crippen molar-refractivity contribution in [3.05, 3.63) is 558 Å². The molecule has 0 amide bonds. The van der Waals surface area contributed by atoms with Crippen LogP contribution in [0.2, 0.25) is 0 Å². The molecule has 6 aromatic heterocycles. The van der Waals surface area contributed by atoms with Crippen LogP contribution in [0.3, 0.4) is 0 Å². The van der Waals surface area contributed by atoms with Crippen molar-refractivity contribution >= 4 is 211 Å². The highest BCUT2D eigenvalue weighted by atomic mass is 32.1. The van der Waals surface area contributed by atoms with Crippen LogP contribution in [-0.2, 0) is 0 Å². The molecule has 0 spiro atoms. The molecule has 0 aliphatic rings. The van der Waals surface area contributed by atoms with Crippen LogP contribution in [0.1, 0.15) is 0 Å². The third-order valence-electron chi connectivity index (χ3n) is 28.7. The van der Waals surface area contributed by atoms with E-state index >= 15 is 0 Å². The molecule has 692 valence electrons. The Hall–Kier alpha value is -18.5. The van der Waals surface area contributed by atoms with Crippen LogP contribution in [0, 0.1) is 0 Å². The number of rotatable bonds is 17. The van der Waals surface area contributed by atoms with Crippen molar-refractivity contribution in [2.45, 2.75) is 0 Å². The number of fused-ring (bicyclic) bond motifs is 18. The molecule has 6 nitrogen and oxygen atoms in total. The molecule has 0 aliphatic carbocycles. The second kappa shape index (κ2) is 37.8. The van der Waals surface area contributed by atoms with Gasteiger partial charge in [-0.2, -0.15) is 0 Å². The summed E-state index contributed by atoms with van der Waals surface area (Å²) in [6.07, 6.45) is 0. The van der Waals surface area contributed by atoms with Crippen molar-refractivity contribution in [1.82, 2.24) is 13.7 Å². The minimum atomic E-state index is 1.12. The first kappa shape index (κ1) is 87.5. The smallest absolute Gasteiger partial charge is 0.0728 e. The highest BCUT2D eigenvalue weighted by Crippen LogP contribution is 2.55. The molecule has 0 bridgehead atoms. The molecule has 0 aliphatic heterocycles. The first-order valence-electron chi connectivity index (χ1n) is 50.0. The van der Waals surface area contributed by atoms with Crippen LogP contribution >= 0.6 is 34.0 Å². The monoisotopic (exact) mass is 1930 g/mol. The normalized spacial score (nSPS) is 11.5. The Bertz CT molecular complexity index is 9970. The molecule has 147 heavy (non-hydrogen) atoms. The van der Waals surface area contributed by atoms with Crippen molar-refractivity contribution in [3.8, 4) is 72.7 Å². The second-order valence-corrected chi connectivity index (χ2v) is 40.4. The lowest BCUT2D eigenvalue weighted by atomic mass is 9.99. The summed E-state index contributed by atoms with van der Waals surface area (Å²) in [4.78, 5) is 7.28. The summed E-state index contributed by atoms with van der Waals surface area (Å²) in [5.41, 5.74) is 33.4. The fourth-order valence-electron chi connectivity index (χ4n) is 21.8. The number of thiophene rings is 3. The van der Waals surface area contributed by atoms with E-state index in [1.165, 1.54) is 216 Å². The Balaban J connectivity index is 0.000000109. The molecule has 0 radical (unpaired) electrons. The average Bonchev–Trinajstić information content (AvgIpc) is 1.56. The lowest BCUT2D eigenvalue weighted by molar-refractivity contribution is 1.19. The van der Waals surface area contributed by atoms with Crippen molar-refractivity contribution < 1.29 is 0 Å². The fourth-order valence-corrected chi connectivity index (χ4v) is 25.8. The lowest BCUT2D eigenvalue weighted by Crippen LogP contribution is -2.11. The van der Waals surface area contributed by atoms with Gasteiger partial charge in [0.2, 0.25) is 0 Å². The number of nitrogens with zero attached hydrogens (tertiary/aromatic N) is 6. The van der Waals surface area contributed by atoms with Gasteiger partial charge in [0, 0.05) is 83.4 Å². The van der Waals surface area contributed by atoms with Gasteiger partial charge in [0.15, 0.2) is 0 Å². The summed E-state index contributed by atoms with van der Waals surface area (Å²) in [6.45, 7) is 0. The summed E-state index contributed by atoms with van der Waals surface area (Å²) in [5.74, 6) is 0. The van der Waals surface area contributed by atoms with E-state index < -0.39 is 0 Å². The van der Waals surface area contributed by atoms with Gasteiger partial charge in [-0.05, 0) is 240 Å². The quantitative estimate of drug-likeness (QED) is 0.0908. The molecule has 0 atom stereocenters. The summed E-state index contributed by atoms with van der Waals surface area (Å²) in [5, 5.41) is 15.2. The molecule has 23 aromatic carbocycles. The van der Waals surface area contributed by atoms with E-state index in [0.717, 1.165) is 34.1 Å². The third-order valence-corrected chi connectivity index (χ3v) is 32.5. The Morgan fingerprint density at radius 2 is 0.381 bits per heavy atom. The van der Waals surface area contributed by atoms with Crippen LogP contribution in [0.5, 0.6) is 0 Å². The van der Waals surface area contributed by atoms with Crippen molar-refractivity contribution in [3.63, 3.8) is 0 Å². The standard InChI is InChI=1S/2C48H32N2S.C42H28N2S/c1-3-15-35(16-4-1)40-20-9-11-23-43(40)49(39-30-28-34(29-31-39)37-27-26-33-14-7-8-17-36(33)32-37)45-25-13-22-42-46-48(51-47(42)45)41-21-10-12-24-44(41)50(46)38-18-5-2-6-19-38;1-3-12-33(13-4-1)35-24-28-40(29-25-35)49(41-30-26-36(27-31-41)38-23-22-34-14-7-8-15-37(34)32-38)45-21-11-19-43-46-48(51-47(43)45)42-18-9-10-20-44(42)50(46)39-16-5-2-6-17-39;1-3-14-33(15-4-1)43(35-26-24-30(25-27-35)32-23-22-29-12-7-8-13-31(29)28-32)39-21-11-19-37-40-42(45-41(37)39)36-18-9-10-20-38(36)44(40)34-16-5-2-6-17-34/h2*1-32H;1-28H. The summed E-state index contributed by atoms with van der Waals surface area (Å²) in [7, 11) is 0. The molecule has 29 aromatic rings. The fraction of sp³-hybridized carbons (Fsp3) is 0. The van der Waals surface area contributed by atoms with Crippen LogP contribution in [-0.4, -0.2) is 13.7 Å². The van der Waals surface area contributed by atoms with E-state index in [0.29, 0.717) is 0 Å². The maximum absolute atomic E-state index is 2.46. The minimum Gasteiger partial charge on any atom is -0.309 e. The Kier molecular flexibility index (Phi) is 22.5. The lowest BCUT2D eigenvalue weighted by Gasteiger charge is -2.28. The second-order valence-electron chi connectivity index (χ2n) is 37.3. The van der Waals surface area contributed by atoms with Gasteiger partial charge in [-0.1, -0.05) is 400 Å². The molecular formula is C138H92N6S3. The molecule has 6 heterocycles. The molecule has 9 heteroatoms. The summed E-state index contributed by atoms with van der Waals surface area (Å²) >= 11 is 5.67. The zero-order valence-electron chi connectivity index (χ0n) is 80.0. The molecule has 29 rings (SSSR count). The van der Waals surface area contributed by atoms with Gasteiger partial charge in [-0.3, -0.25) is 0 Å². The van der Waals surface area contributed by atoms with Crippen LogP contribution in [0.4, 0.5) is 51.2 Å². The van der Waals surface area contributed by atoms with Crippen molar-refractivity contribution in [2.24, 2.45) is 0 Å². The largest absolute Gasteiger partial charge is 0.309 e. The Morgan fingerprint density at radius 1 is 0.143 bits per heavy atom. The third kappa shape index (κ3) is 15.9. The van der Waals surface area contributed by atoms with Crippen molar-refractivity contribution in [1.29, 1.82) is 0 Å². The zero-order valence-corrected chi connectivity index (χ0v) is 82.5. The SMILES string of the molecule is c1ccc(-c2ccc(N(c3ccc(-c4ccc5ccccc5c4)cc3)c3cccc4c3sc3c5ccccc5n(-c5ccccc5)c43)cc2)cc1.c1ccc(-c2ccccc2N(c2ccc(-c3ccc4ccccc4c3)cc2)c2cccc3c2sc2c4ccccc4n(-c4ccccc4)c32)cc1.c1ccc(N(c2ccc(-c3ccc4ccccc4c3)cc2)c2cccc3c2sc2c4ccccc4n(-c4ccccc4)c32)cc1. The van der Waals surface area contributed by atoms with E-state index in [1.54, 1.807) is 0 Å². The van der Waals surface area contributed by atoms with Crippen LogP contribution in [0.15, 0.2) is 558 Å². The number of benzene rings is 23. The highest BCUT2D eigenvalue weighted by molar-refractivity contribution is 7.28. The van der Waals surface area contributed by atoms with E-state index in [2.05, 4.69) is 587 Å². The molecule has 0 saturated heterocycles. The number of anilines is 9. The average molecular weight is 1930 g/mol. The number of hydrogen-bond acceptors (Lipinski definition) is 6. The summed E-state index contributed by atoms with van der Waals surface area (Å²) < 4.78 is 15.0. The van der Waals surface area contributed by atoms with E-state index in [4.69, 9.17) is 0 Å². The first-order chi connectivity index (χ1) is 72.9. The van der Waals surface area contributed by atoms with Gasteiger partial charge in [-0.25, -0.2) is 0 Å². The maximum Gasteiger partial charge on any atom is 0.0728 e. The van der Waals surface area contributed by atoms with Gasteiger partial charge in [0.05, 0.1) is 84.0 Å². The number of para-hydroxylation sites is 8. The first-order valence-corrected chi connectivity index (χ1v) is 52.4. The Morgan fingerprint density at radius 3 is 0.735 bits per heavy atom. The molecule has 0 N–H and O–H groups in total. The summed E-state index contributed by atoms with van der Waals surface area (Å²) in [6, 6.07) is 202. The molecule has 0 unspecified atom stereocenters. The van der Waals surface area contributed by atoms with Crippen molar-refractivity contribution in [2.75, 3.05) is 14.7 Å². The predicted octanol–water partition coefficient (Wildman–Crippen LogP) is 40.2. The van der Waals surface area contributed by atoms with Gasteiger partial charge in [-0.15, -0.1) is 34.0 Å². The van der Waals surface area contributed by atoms with Gasteiger partial charge in [0.1, 0.15) is 0 Å². The Labute approximate surface area is 863 Å².